The lowest BCUT2D eigenvalue weighted by Crippen LogP contribution is -2.30. The summed E-state index contributed by atoms with van der Waals surface area (Å²) in [5.74, 6) is 0. The molecule has 2 nitrogen and oxygen atoms in total. The number of hydrogen-bond acceptors (Lipinski definition) is 3. The lowest BCUT2D eigenvalue weighted by atomic mass is 10.2. The highest BCUT2D eigenvalue weighted by Crippen LogP contribution is 2.14. The number of hydrogen-bond donors (Lipinski definition) is 1. The van der Waals surface area contributed by atoms with Crippen LogP contribution in [0, 0.1) is 6.92 Å². The van der Waals surface area contributed by atoms with Gasteiger partial charge in [0, 0.05) is 24.0 Å². The average Bonchev–Trinajstić information content (AvgIpc) is 2.72. The molecule has 1 unspecified atom stereocenters. The molecule has 1 saturated heterocycles. The fourth-order valence-corrected chi connectivity index (χ4v) is 2.76. The molecule has 78 valence electrons. The zero-order chi connectivity index (χ0) is 9.97. The van der Waals surface area contributed by atoms with Gasteiger partial charge in [0.05, 0.1) is 0 Å². The van der Waals surface area contributed by atoms with Gasteiger partial charge in [-0.05, 0) is 43.9 Å². The fourth-order valence-electron chi connectivity index (χ4n) is 1.93. The number of thiophene rings is 1. The van der Waals surface area contributed by atoms with Crippen molar-refractivity contribution in [1.82, 2.24) is 10.2 Å². The second-order valence-electron chi connectivity index (χ2n) is 4.22. The number of likely N-dealkylation sites (tertiary alicyclic amines) is 1. The summed E-state index contributed by atoms with van der Waals surface area (Å²) in [6.07, 6.45) is 1.29. The van der Waals surface area contributed by atoms with Crippen molar-refractivity contribution in [3.05, 3.63) is 21.9 Å². The van der Waals surface area contributed by atoms with Gasteiger partial charge in [-0.25, -0.2) is 0 Å². The lowest BCUT2D eigenvalue weighted by molar-refractivity contribution is 0.398. The van der Waals surface area contributed by atoms with E-state index in [1.54, 1.807) is 0 Å². The normalized spacial score (nSPS) is 23.1. The zero-order valence-electron chi connectivity index (χ0n) is 8.92. The first-order valence-electron chi connectivity index (χ1n) is 5.20. The van der Waals surface area contributed by atoms with Crippen LogP contribution < -0.4 is 5.32 Å². The van der Waals surface area contributed by atoms with Gasteiger partial charge in [-0.2, -0.15) is 0 Å². The van der Waals surface area contributed by atoms with Gasteiger partial charge in [-0.1, -0.05) is 0 Å². The summed E-state index contributed by atoms with van der Waals surface area (Å²) in [6.45, 7) is 5.63. The minimum Gasteiger partial charge on any atom is -0.308 e. The van der Waals surface area contributed by atoms with Crippen LogP contribution in [0.2, 0.25) is 0 Å². The van der Waals surface area contributed by atoms with Crippen LogP contribution in [-0.4, -0.2) is 31.1 Å². The van der Waals surface area contributed by atoms with E-state index in [-0.39, 0.29) is 0 Å². The Hall–Kier alpha value is -0.380. The van der Waals surface area contributed by atoms with Crippen LogP contribution in [0.25, 0.3) is 0 Å². The summed E-state index contributed by atoms with van der Waals surface area (Å²) in [6, 6.07) is 2.97. The molecule has 0 aliphatic carbocycles. The van der Waals surface area contributed by atoms with Gasteiger partial charge in [0.1, 0.15) is 0 Å². The highest BCUT2D eigenvalue weighted by molar-refractivity contribution is 7.10. The van der Waals surface area contributed by atoms with Crippen LogP contribution in [0.5, 0.6) is 0 Å². The molecule has 0 amide bonds. The number of rotatable bonds is 3. The first-order valence-corrected chi connectivity index (χ1v) is 6.08. The van der Waals surface area contributed by atoms with Crippen molar-refractivity contribution in [2.45, 2.75) is 25.9 Å². The number of nitrogens with one attached hydrogen (secondary N) is 1. The Morgan fingerprint density at radius 3 is 3.07 bits per heavy atom. The Balaban J connectivity index is 1.77. The quantitative estimate of drug-likeness (QED) is 0.819. The third-order valence-electron chi connectivity index (χ3n) is 2.74. The van der Waals surface area contributed by atoms with E-state index in [1.807, 2.05) is 11.3 Å². The maximum atomic E-state index is 3.61. The molecule has 0 saturated carbocycles. The van der Waals surface area contributed by atoms with Gasteiger partial charge in [0.15, 0.2) is 0 Å². The summed E-state index contributed by atoms with van der Waals surface area (Å²) in [5, 5.41) is 5.83. The van der Waals surface area contributed by atoms with Gasteiger partial charge in [0.25, 0.3) is 0 Å². The Morgan fingerprint density at radius 2 is 2.50 bits per heavy atom. The predicted molar refractivity (Wildman–Crippen MR) is 61.8 cm³/mol. The molecular formula is C11H18N2S. The molecule has 0 bridgehead atoms. The van der Waals surface area contributed by atoms with E-state index in [4.69, 9.17) is 0 Å². The summed E-state index contributed by atoms with van der Waals surface area (Å²) in [7, 11) is 2.19. The molecule has 3 heteroatoms. The fraction of sp³-hybridized carbons (Fsp3) is 0.636. The van der Waals surface area contributed by atoms with Gasteiger partial charge < -0.3 is 10.2 Å². The molecule has 2 rings (SSSR count). The molecule has 1 aromatic rings. The maximum absolute atomic E-state index is 3.61. The summed E-state index contributed by atoms with van der Waals surface area (Å²) >= 11 is 1.86. The molecule has 1 aliphatic rings. The Bertz CT molecular complexity index is 295. The third-order valence-corrected chi connectivity index (χ3v) is 3.80. The van der Waals surface area contributed by atoms with E-state index in [0.29, 0.717) is 6.04 Å². The van der Waals surface area contributed by atoms with Crippen molar-refractivity contribution < 1.29 is 0 Å². The predicted octanol–water partition coefficient (Wildman–Crippen LogP) is 1.85. The van der Waals surface area contributed by atoms with Crippen molar-refractivity contribution in [3.8, 4) is 0 Å². The first-order chi connectivity index (χ1) is 6.74. The number of nitrogens with zero attached hydrogens (tertiary/aromatic N) is 1. The van der Waals surface area contributed by atoms with Crippen molar-refractivity contribution in [2.75, 3.05) is 20.1 Å². The highest BCUT2D eigenvalue weighted by Gasteiger charge is 2.18. The van der Waals surface area contributed by atoms with E-state index in [1.165, 1.54) is 30.0 Å². The summed E-state index contributed by atoms with van der Waals surface area (Å²) in [5.41, 5.74) is 1.38. The van der Waals surface area contributed by atoms with Gasteiger partial charge >= 0.3 is 0 Å². The van der Waals surface area contributed by atoms with E-state index < -0.39 is 0 Å². The van der Waals surface area contributed by atoms with Crippen molar-refractivity contribution in [3.63, 3.8) is 0 Å². The molecular weight excluding hydrogens is 192 g/mol. The highest BCUT2D eigenvalue weighted by atomic mass is 32.1. The van der Waals surface area contributed by atoms with Gasteiger partial charge in [-0.3, -0.25) is 0 Å². The Labute approximate surface area is 89.9 Å². The van der Waals surface area contributed by atoms with Gasteiger partial charge in [-0.15, -0.1) is 11.3 Å². The monoisotopic (exact) mass is 210 g/mol. The van der Waals surface area contributed by atoms with Gasteiger partial charge in [0.2, 0.25) is 0 Å². The average molecular weight is 210 g/mol. The minimum absolute atomic E-state index is 0.697. The van der Waals surface area contributed by atoms with Crippen molar-refractivity contribution in [1.29, 1.82) is 0 Å². The molecule has 0 aromatic carbocycles. The number of aryl methyl sites for hydroxylation is 1. The smallest absolute Gasteiger partial charge is 0.0302 e. The Kier molecular flexibility index (Phi) is 3.21. The molecule has 0 radical (unpaired) electrons. The van der Waals surface area contributed by atoms with Crippen LogP contribution in [0.15, 0.2) is 11.4 Å². The molecule has 1 fully saturated rings. The minimum atomic E-state index is 0.697. The number of likely N-dealkylation sites (N-methyl/N-ethyl adjacent to an activating group) is 1. The zero-order valence-corrected chi connectivity index (χ0v) is 9.73. The lowest BCUT2D eigenvalue weighted by Gasteiger charge is -2.11. The van der Waals surface area contributed by atoms with Crippen molar-refractivity contribution >= 4 is 11.3 Å². The van der Waals surface area contributed by atoms with Crippen LogP contribution in [0.1, 0.15) is 16.9 Å². The topological polar surface area (TPSA) is 15.3 Å². The maximum Gasteiger partial charge on any atom is 0.0302 e. The molecule has 1 aliphatic heterocycles. The Morgan fingerprint density at radius 1 is 1.64 bits per heavy atom. The van der Waals surface area contributed by atoms with E-state index in [9.17, 15) is 0 Å². The first kappa shape index (κ1) is 10.1. The molecule has 14 heavy (non-hydrogen) atoms. The molecule has 1 aromatic heterocycles. The van der Waals surface area contributed by atoms with Crippen LogP contribution in [0.3, 0.4) is 0 Å². The second-order valence-corrected chi connectivity index (χ2v) is 5.21. The van der Waals surface area contributed by atoms with E-state index >= 15 is 0 Å². The van der Waals surface area contributed by atoms with E-state index in [2.05, 4.69) is 35.6 Å². The van der Waals surface area contributed by atoms with Crippen LogP contribution in [0.4, 0.5) is 0 Å². The largest absolute Gasteiger partial charge is 0.308 e. The van der Waals surface area contributed by atoms with E-state index in [0.717, 1.165) is 6.54 Å². The van der Waals surface area contributed by atoms with Crippen LogP contribution >= 0.6 is 11.3 Å². The SMILES string of the molecule is Cc1csc(CNC2CCN(C)C2)c1. The molecule has 1 atom stereocenters. The summed E-state index contributed by atoms with van der Waals surface area (Å²) < 4.78 is 0. The third kappa shape index (κ3) is 2.56. The summed E-state index contributed by atoms with van der Waals surface area (Å²) in [4.78, 5) is 3.84. The second kappa shape index (κ2) is 4.43. The van der Waals surface area contributed by atoms with Crippen LogP contribution in [-0.2, 0) is 6.54 Å². The standard InChI is InChI=1S/C11H18N2S/c1-9-5-11(14-8-9)6-12-10-3-4-13(2)7-10/h5,8,10,12H,3-4,6-7H2,1-2H3. The molecule has 0 spiro atoms. The van der Waals surface area contributed by atoms with Crippen molar-refractivity contribution in [2.24, 2.45) is 0 Å². The molecule has 1 N–H and O–H groups in total. The molecule has 2 heterocycles.